The Morgan fingerprint density at radius 2 is 1.56 bits per heavy atom. The number of carbonyl (C=O) groups excluding carboxylic acids is 1. The molecule has 0 aromatic heterocycles. The SMILES string of the molecule is CC(C)NC(=O)CC[C@@H](C)C1CCC2C3C(C[C@H](O)[C@@]21C)[C@@]1(C)CC[C@H](NCCCNCCCCNCCCN)CC1C[C@H]3O. The summed E-state index contributed by atoms with van der Waals surface area (Å²) in [4.78, 5) is 12.4. The second kappa shape index (κ2) is 17.1. The zero-order chi connectivity index (χ0) is 32.6. The van der Waals surface area contributed by atoms with Crippen LogP contribution in [0.3, 0.4) is 0 Å². The molecule has 0 radical (unpaired) electrons. The Hall–Kier alpha value is -0.770. The van der Waals surface area contributed by atoms with Crippen LogP contribution < -0.4 is 27.0 Å². The van der Waals surface area contributed by atoms with Crippen LogP contribution in [-0.2, 0) is 4.79 Å². The third-order valence-corrected chi connectivity index (χ3v) is 13.3. The van der Waals surface area contributed by atoms with E-state index in [1.807, 2.05) is 13.8 Å². The third-order valence-electron chi connectivity index (χ3n) is 13.3. The van der Waals surface area contributed by atoms with Crippen LogP contribution in [0.15, 0.2) is 0 Å². The molecular weight excluding hydrogens is 562 g/mol. The smallest absolute Gasteiger partial charge is 0.220 e. The number of amides is 1. The number of hydrogen-bond acceptors (Lipinski definition) is 7. The Bertz CT molecular complexity index is 905. The van der Waals surface area contributed by atoms with E-state index < -0.39 is 0 Å². The number of unbranched alkanes of at least 4 members (excludes halogenated alkanes) is 1. The minimum atomic E-state index is -0.332. The van der Waals surface area contributed by atoms with Gasteiger partial charge in [-0.15, -0.1) is 0 Å². The van der Waals surface area contributed by atoms with E-state index in [0.29, 0.717) is 48.0 Å². The summed E-state index contributed by atoms with van der Waals surface area (Å²) < 4.78 is 0. The Morgan fingerprint density at radius 1 is 0.867 bits per heavy atom. The number of carbonyl (C=O) groups is 1. The average molecular weight is 634 g/mol. The van der Waals surface area contributed by atoms with Crippen LogP contribution in [-0.4, -0.2) is 79.7 Å². The van der Waals surface area contributed by atoms with Gasteiger partial charge in [0.15, 0.2) is 0 Å². The molecule has 4 saturated carbocycles. The van der Waals surface area contributed by atoms with Gasteiger partial charge < -0.3 is 37.2 Å². The first-order valence-corrected chi connectivity index (χ1v) is 19.0. The number of aliphatic hydroxyl groups is 2. The highest BCUT2D eigenvalue weighted by Crippen LogP contribution is 2.68. The number of nitrogens with one attached hydrogen (secondary N) is 4. The second-order valence-corrected chi connectivity index (χ2v) is 16.5. The lowest BCUT2D eigenvalue weighted by Gasteiger charge is -2.63. The molecule has 8 N–H and O–H groups in total. The molecule has 11 atom stereocenters. The Kier molecular flexibility index (Phi) is 14.0. The van der Waals surface area contributed by atoms with E-state index in [9.17, 15) is 15.0 Å². The molecule has 4 rings (SSSR count). The molecule has 8 nitrogen and oxygen atoms in total. The predicted molar refractivity (Wildman–Crippen MR) is 185 cm³/mol. The molecule has 0 spiro atoms. The highest BCUT2D eigenvalue weighted by atomic mass is 16.3. The van der Waals surface area contributed by atoms with Gasteiger partial charge in [-0.2, -0.15) is 0 Å². The average Bonchev–Trinajstić information content (AvgIpc) is 3.35. The van der Waals surface area contributed by atoms with Crippen molar-refractivity contribution in [2.75, 3.05) is 39.3 Å². The summed E-state index contributed by atoms with van der Waals surface area (Å²) in [5.41, 5.74) is 5.56. The minimum absolute atomic E-state index is 0.137. The van der Waals surface area contributed by atoms with Crippen molar-refractivity contribution in [1.82, 2.24) is 21.3 Å². The van der Waals surface area contributed by atoms with Gasteiger partial charge in [0.05, 0.1) is 12.2 Å². The summed E-state index contributed by atoms with van der Waals surface area (Å²) in [6, 6.07) is 0.708. The molecule has 0 heterocycles. The topological polar surface area (TPSA) is 132 Å². The van der Waals surface area contributed by atoms with Gasteiger partial charge in [0.2, 0.25) is 5.91 Å². The summed E-state index contributed by atoms with van der Waals surface area (Å²) >= 11 is 0. The number of nitrogens with two attached hydrogens (primary N) is 1. The highest BCUT2D eigenvalue weighted by Gasteiger charge is 2.65. The molecule has 0 aromatic carbocycles. The summed E-state index contributed by atoms with van der Waals surface area (Å²) in [5.74, 6) is 2.50. The van der Waals surface area contributed by atoms with Crippen molar-refractivity contribution in [3.63, 3.8) is 0 Å². The molecule has 0 saturated heterocycles. The molecule has 1 amide bonds. The normalized spacial score (nSPS) is 38.4. The van der Waals surface area contributed by atoms with Crippen LogP contribution in [0.25, 0.3) is 0 Å². The quantitative estimate of drug-likeness (QED) is 0.113. The Labute approximate surface area is 275 Å². The molecular formula is C37H71N5O3. The number of hydrogen-bond donors (Lipinski definition) is 7. The molecule has 4 aliphatic carbocycles. The molecule has 262 valence electrons. The summed E-state index contributed by atoms with van der Waals surface area (Å²) in [6.07, 6.45) is 12.9. The van der Waals surface area contributed by atoms with Crippen molar-refractivity contribution < 1.29 is 15.0 Å². The van der Waals surface area contributed by atoms with E-state index in [2.05, 4.69) is 42.0 Å². The van der Waals surface area contributed by atoms with E-state index >= 15 is 0 Å². The van der Waals surface area contributed by atoms with Crippen LogP contribution in [0.5, 0.6) is 0 Å². The first kappa shape index (κ1) is 37.1. The van der Waals surface area contributed by atoms with Crippen LogP contribution in [0.4, 0.5) is 0 Å². The van der Waals surface area contributed by atoms with Crippen molar-refractivity contribution in [3.8, 4) is 0 Å². The Balaban J connectivity index is 1.23. The highest BCUT2D eigenvalue weighted by molar-refractivity contribution is 5.76. The molecule has 4 aliphatic rings. The first-order valence-electron chi connectivity index (χ1n) is 19.0. The van der Waals surface area contributed by atoms with Crippen molar-refractivity contribution >= 4 is 5.91 Å². The van der Waals surface area contributed by atoms with Crippen LogP contribution in [0.2, 0.25) is 0 Å². The second-order valence-electron chi connectivity index (χ2n) is 16.5. The number of rotatable bonds is 18. The summed E-state index contributed by atoms with van der Waals surface area (Å²) in [7, 11) is 0. The van der Waals surface area contributed by atoms with Crippen molar-refractivity contribution in [1.29, 1.82) is 0 Å². The van der Waals surface area contributed by atoms with E-state index in [0.717, 1.165) is 90.6 Å². The molecule has 45 heavy (non-hydrogen) atoms. The zero-order valence-electron chi connectivity index (χ0n) is 29.6. The standard InChI is InChI=1S/C37H71N5O3/c1-25(2)42-34(45)13-10-26(3)29-11-12-30-35-31(24-33(44)37(29,30)5)36(4)15-14-28(22-27(36)23-32(35)43)41-21-9-20-40-18-7-6-17-39-19-8-16-38/h25-33,35,39-41,43-44H,6-24,38H2,1-5H3,(H,42,45)/t26-,27?,28+,29?,30?,31?,32-,33+,35?,36+,37-/m1/s1. The molecule has 0 bridgehead atoms. The van der Waals surface area contributed by atoms with E-state index in [4.69, 9.17) is 5.73 Å². The largest absolute Gasteiger partial charge is 0.393 e. The summed E-state index contributed by atoms with van der Waals surface area (Å²) in [6.45, 7) is 17.2. The van der Waals surface area contributed by atoms with Gasteiger partial charge in [-0.1, -0.05) is 20.8 Å². The van der Waals surface area contributed by atoms with Crippen molar-refractivity contribution in [2.24, 2.45) is 52.1 Å². The maximum absolute atomic E-state index is 12.4. The lowest BCUT2D eigenvalue weighted by molar-refractivity contribution is -0.202. The fourth-order valence-corrected chi connectivity index (χ4v) is 10.8. The fourth-order valence-electron chi connectivity index (χ4n) is 10.8. The van der Waals surface area contributed by atoms with Gasteiger partial charge in [-0.25, -0.2) is 0 Å². The van der Waals surface area contributed by atoms with Crippen LogP contribution in [0, 0.1) is 46.3 Å². The van der Waals surface area contributed by atoms with Gasteiger partial charge in [-0.3, -0.25) is 4.79 Å². The van der Waals surface area contributed by atoms with Crippen LogP contribution in [0.1, 0.15) is 118 Å². The van der Waals surface area contributed by atoms with Crippen molar-refractivity contribution in [3.05, 3.63) is 0 Å². The summed E-state index contributed by atoms with van der Waals surface area (Å²) in [5, 5.41) is 37.7. The van der Waals surface area contributed by atoms with Gasteiger partial charge in [0.25, 0.3) is 0 Å². The number of fused-ring (bicyclic) bond motifs is 5. The number of aliphatic hydroxyl groups excluding tert-OH is 2. The lowest BCUT2D eigenvalue weighted by Crippen LogP contribution is -2.62. The molecule has 0 aromatic rings. The minimum Gasteiger partial charge on any atom is -0.393 e. The molecule has 8 heteroatoms. The maximum Gasteiger partial charge on any atom is 0.220 e. The van der Waals surface area contributed by atoms with Crippen LogP contribution >= 0.6 is 0 Å². The molecule has 5 unspecified atom stereocenters. The lowest BCUT2D eigenvalue weighted by atomic mass is 9.43. The monoisotopic (exact) mass is 634 g/mol. The van der Waals surface area contributed by atoms with E-state index in [1.54, 1.807) is 0 Å². The maximum atomic E-state index is 12.4. The van der Waals surface area contributed by atoms with E-state index in [1.165, 1.54) is 25.7 Å². The van der Waals surface area contributed by atoms with Gasteiger partial charge in [0.1, 0.15) is 0 Å². The predicted octanol–water partition coefficient (Wildman–Crippen LogP) is 4.18. The van der Waals surface area contributed by atoms with E-state index in [-0.39, 0.29) is 35.0 Å². The fraction of sp³-hybridized carbons (Fsp3) is 0.973. The Morgan fingerprint density at radius 3 is 2.24 bits per heavy atom. The van der Waals surface area contributed by atoms with Gasteiger partial charge in [-0.05, 0) is 177 Å². The molecule has 4 fully saturated rings. The first-order chi connectivity index (χ1) is 21.5. The van der Waals surface area contributed by atoms with Crippen molar-refractivity contribution in [2.45, 2.75) is 142 Å². The van der Waals surface area contributed by atoms with Gasteiger partial charge >= 0.3 is 0 Å². The zero-order valence-corrected chi connectivity index (χ0v) is 29.6. The molecule has 0 aliphatic heterocycles. The third kappa shape index (κ3) is 8.83. The van der Waals surface area contributed by atoms with Gasteiger partial charge in [0, 0.05) is 18.5 Å².